The van der Waals surface area contributed by atoms with Crippen LogP contribution in [0, 0.1) is 0 Å². The van der Waals surface area contributed by atoms with Crippen molar-refractivity contribution in [1.82, 2.24) is 5.32 Å². The zero-order chi connectivity index (χ0) is 14.7. The Labute approximate surface area is 123 Å². The molecule has 0 radical (unpaired) electrons. The number of hydrogen-bond acceptors (Lipinski definition) is 3. The minimum absolute atomic E-state index is 0.0999. The first-order valence-electron chi connectivity index (χ1n) is 7.01. The lowest BCUT2D eigenvalue weighted by molar-refractivity contribution is -0.139. The molecule has 0 amide bonds. The molecule has 1 unspecified atom stereocenters. The summed E-state index contributed by atoms with van der Waals surface area (Å²) in [5.74, 6) is -0.0478. The zero-order valence-corrected chi connectivity index (χ0v) is 11.5. The molecule has 0 aromatic heterocycles. The molecule has 2 N–H and O–H groups in total. The molecule has 21 heavy (non-hydrogen) atoms. The monoisotopic (exact) mass is 283 g/mol. The molecule has 1 saturated heterocycles. The molecule has 4 nitrogen and oxygen atoms in total. The van der Waals surface area contributed by atoms with Crippen LogP contribution in [0.2, 0.25) is 0 Å². The first-order valence-corrected chi connectivity index (χ1v) is 7.01. The highest BCUT2D eigenvalue weighted by Gasteiger charge is 2.30. The number of nitrogens with one attached hydrogen (secondary N) is 1. The van der Waals surface area contributed by atoms with Crippen LogP contribution < -0.4 is 10.1 Å². The third-order valence-corrected chi connectivity index (χ3v) is 3.63. The number of rotatable bonds is 4. The number of hydrogen-bond donors (Lipinski definition) is 2. The lowest BCUT2D eigenvalue weighted by Crippen LogP contribution is -2.30. The standard InChI is InChI=1S/C17H17NO3/c19-17(20)16-10-15(11-18-16)21-14-8-4-7-13(9-14)12-5-2-1-3-6-12/h1-9,15-16,18H,10-11H2,(H,19,20)/t15?,16-/m0/s1. The minimum atomic E-state index is -0.820. The molecule has 4 heteroatoms. The molecule has 2 atom stereocenters. The van der Waals surface area contributed by atoms with Crippen LogP contribution in [0.5, 0.6) is 5.75 Å². The van der Waals surface area contributed by atoms with E-state index in [4.69, 9.17) is 9.84 Å². The smallest absolute Gasteiger partial charge is 0.320 e. The van der Waals surface area contributed by atoms with Crippen molar-refractivity contribution in [1.29, 1.82) is 0 Å². The molecule has 1 heterocycles. The van der Waals surface area contributed by atoms with Crippen molar-refractivity contribution < 1.29 is 14.6 Å². The summed E-state index contributed by atoms with van der Waals surface area (Å²) in [5.41, 5.74) is 2.23. The molecule has 2 aromatic carbocycles. The molecule has 1 aliphatic rings. The van der Waals surface area contributed by atoms with Gasteiger partial charge in [-0.15, -0.1) is 0 Å². The molecule has 1 fully saturated rings. The van der Waals surface area contributed by atoms with Crippen LogP contribution in [0.25, 0.3) is 11.1 Å². The van der Waals surface area contributed by atoms with E-state index in [0.717, 1.165) is 16.9 Å². The van der Waals surface area contributed by atoms with E-state index in [9.17, 15) is 4.79 Å². The average molecular weight is 283 g/mol. The molecular formula is C17H17NO3. The van der Waals surface area contributed by atoms with Crippen molar-refractivity contribution in [2.45, 2.75) is 18.6 Å². The lowest BCUT2D eigenvalue weighted by atomic mass is 10.1. The normalized spacial score (nSPS) is 21.1. The molecule has 0 aliphatic carbocycles. The van der Waals surface area contributed by atoms with Crippen LogP contribution >= 0.6 is 0 Å². The Balaban J connectivity index is 1.71. The van der Waals surface area contributed by atoms with E-state index < -0.39 is 12.0 Å². The Bertz CT molecular complexity index is 627. The first-order chi connectivity index (χ1) is 10.2. The van der Waals surface area contributed by atoms with Crippen LogP contribution in [0.3, 0.4) is 0 Å². The average Bonchev–Trinajstić information content (AvgIpc) is 2.97. The fourth-order valence-corrected chi connectivity index (χ4v) is 2.55. The van der Waals surface area contributed by atoms with E-state index >= 15 is 0 Å². The maximum Gasteiger partial charge on any atom is 0.320 e. The summed E-state index contributed by atoms with van der Waals surface area (Å²) in [5, 5.41) is 11.9. The summed E-state index contributed by atoms with van der Waals surface area (Å²) in [4.78, 5) is 10.9. The lowest BCUT2D eigenvalue weighted by Gasteiger charge is -2.13. The van der Waals surface area contributed by atoms with Crippen LogP contribution in [-0.2, 0) is 4.79 Å². The second kappa shape index (κ2) is 5.97. The highest BCUT2D eigenvalue weighted by molar-refractivity contribution is 5.74. The van der Waals surface area contributed by atoms with Crippen molar-refractivity contribution >= 4 is 5.97 Å². The van der Waals surface area contributed by atoms with Gasteiger partial charge in [-0.2, -0.15) is 0 Å². The molecule has 0 bridgehead atoms. The second-order valence-electron chi connectivity index (χ2n) is 5.17. The summed E-state index contributed by atoms with van der Waals surface area (Å²) < 4.78 is 5.89. The maximum absolute atomic E-state index is 10.9. The predicted molar refractivity (Wildman–Crippen MR) is 80.3 cm³/mol. The third kappa shape index (κ3) is 3.23. The molecule has 1 aliphatic heterocycles. The van der Waals surface area contributed by atoms with Gasteiger partial charge < -0.3 is 15.2 Å². The SMILES string of the molecule is O=C(O)[C@@H]1CC(Oc2cccc(-c3ccccc3)c2)CN1. The number of carboxylic acid groups (broad SMARTS) is 1. The number of benzene rings is 2. The Hall–Kier alpha value is -2.33. The molecule has 3 rings (SSSR count). The fourth-order valence-electron chi connectivity index (χ4n) is 2.55. The Kier molecular flexibility index (Phi) is 3.88. The number of carboxylic acids is 1. The van der Waals surface area contributed by atoms with Crippen LogP contribution in [0.15, 0.2) is 54.6 Å². The van der Waals surface area contributed by atoms with Gasteiger partial charge in [0.1, 0.15) is 17.9 Å². The van der Waals surface area contributed by atoms with Crippen LogP contribution in [0.1, 0.15) is 6.42 Å². The zero-order valence-electron chi connectivity index (χ0n) is 11.5. The van der Waals surface area contributed by atoms with Gasteiger partial charge in [-0.05, 0) is 23.3 Å². The Morgan fingerprint density at radius 2 is 1.86 bits per heavy atom. The van der Waals surface area contributed by atoms with Gasteiger partial charge in [-0.25, -0.2) is 0 Å². The number of carbonyl (C=O) groups is 1. The molecule has 108 valence electrons. The fraction of sp³-hybridized carbons (Fsp3) is 0.235. The van der Waals surface area contributed by atoms with Gasteiger partial charge in [0.2, 0.25) is 0 Å². The van der Waals surface area contributed by atoms with Gasteiger partial charge >= 0.3 is 5.97 Å². The van der Waals surface area contributed by atoms with E-state index in [1.807, 2.05) is 42.5 Å². The maximum atomic E-state index is 10.9. The van der Waals surface area contributed by atoms with Gasteiger partial charge in [-0.3, -0.25) is 4.79 Å². The summed E-state index contributed by atoms with van der Waals surface area (Å²) >= 11 is 0. The van der Waals surface area contributed by atoms with E-state index in [2.05, 4.69) is 17.4 Å². The molecular weight excluding hydrogens is 266 g/mol. The Morgan fingerprint density at radius 3 is 2.57 bits per heavy atom. The van der Waals surface area contributed by atoms with E-state index in [0.29, 0.717) is 13.0 Å². The van der Waals surface area contributed by atoms with E-state index in [-0.39, 0.29) is 6.10 Å². The van der Waals surface area contributed by atoms with Crippen molar-refractivity contribution in [3.8, 4) is 16.9 Å². The minimum Gasteiger partial charge on any atom is -0.489 e. The van der Waals surface area contributed by atoms with E-state index in [1.54, 1.807) is 0 Å². The summed E-state index contributed by atoms with van der Waals surface area (Å²) in [6.45, 7) is 0.562. The topological polar surface area (TPSA) is 58.6 Å². The third-order valence-electron chi connectivity index (χ3n) is 3.63. The summed E-state index contributed by atoms with van der Waals surface area (Å²) in [6, 6.07) is 17.5. The van der Waals surface area contributed by atoms with Crippen LogP contribution in [0.4, 0.5) is 0 Å². The van der Waals surface area contributed by atoms with Crippen molar-refractivity contribution in [3.05, 3.63) is 54.6 Å². The number of aliphatic carboxylic acids is 1. The van der Waals surface area contributed by atoms with Crippen LogP contribution in [-0.4, -0.2) is 29.8 Å². The second-order valence-corrected chi connectivity index (χ2v) is 5.17. The van der Waals surface area contributed by atoms with Gasteiger partial charge in [0.15, 0.2) is 0 Å². The van der Waals surface area contributed by atoms with Crippen molar-refractivity contribution in [2.75, 3.05) is 6.54 Å². The first kappa shape index (κ1) is 13.6. The van der Waals surface area contributed by atoms with Gasteiger partial charge in [-0.1, -0.05) is 42.5 Å². The quantitative estimate of drug-likeness (QED) is 0.905. The summed E-state index contributed by atoms with van der Waals surface area (Å²) in [6.07, 6.45) is 0.391. The van der Waals surface area contributed by atoms with Crippen molar-refractivity contribution in [2.24, 2.45) is 0 Å². The largest absolute Gasteiger partial charge is 0.489 e. The predicted octanol–water partition coefficient (Wildman–Crippen LogP) is 2.55. The Morgan fingerprint density at radius 1 is 1.10 bits per heavy atom. The van der Waals surface area contributed by atoms with Crippen molar-refractivity contribution in [3.63, 3.8) is 0 Å². The van der Waals surface area contributed by atoms with Gasteiger partial charge in [0, 0.05) is 13.0 Å². The van der Waals surface area contributed by atoms with E-state index in [1.165, 1.54) is 0 Å². The van der Waals surface area contributed by atoms with Gasteiger partial charge in [0.05, 0.1) is 0 Å². The molecule has 2 aromatic rings. The van der Waals surface area contributed by atoms with Gasteiger partial charge in [0.25, 0.3) is 0 Å². The molecule has 0 saturated carbocycles. The number of ether oxygens (including phenoxy) is 1. The highest BCUT2D eigenvalue weighted by Crippen LogP contribution is 2.25. The highest BCUT2D eigenvalue weighted by atomic mass is 16.5. The summed E-state index contributed by atoms with van der Waals surface area (Å²) in [7, 11) is 0. The molecule has 0 spiro atoms.